The smallest absolute Gasteiger partial charge is 0.0512 e. The van der Waals surface area contributed by atoms with Gasteiger partial charge in [-0.25, -0.2) is 0 Å². The summed E-state index contributed by atoms with van der Waals surface area (Å²) in [5, 5.41) is 0. The fourth-order valence-electron chi connectivity index (χ4n) is 2.69. The zero-order valence-electron chi connectivity index (χ0n) is 6.79. The fourth-order valence-corrected chi connectivity index (χ4v) is 2.69. The lowest BCUT2D eigenvalue weighted by Crippen LogP contribution is -2.50. The van der Waals surface area contributed by atoms with E-state index >= 15 is 0 Å². The summed E-state index contributed by atoms with van der Waals surface area (Å²) in [6.45, 7) is 6.39. The normalized spacial score (nSPS) is 47.3. The van der Waals surface area contributed by atoms with Crippen molar-refractivity contribution in [2.75, 3.05) is 32.8 Å². The molecule has 0 N–H and O–H groups in total. The second-order valence-corrected chi connectivity index (χ2v) is 4.12. The summed E-state index contributed by atoms with van der Waals surface area (Å²) < 4.78 is 0. The van der Waals surface area contributed by atoms with Crippen LogP contribution in [-0.2, 0) is 0 Å². The van der Waals surface area contributed by atoms with E-state index in [4.69, 9.17) is 0 Å². The van der Waals surface area contributed by atoms with Gasteiger partial charge in [-0.15, -0.1) is 0 Å². The molecule has 4 rings (SSSR count). The van der Waals surface area contributed by atoms with Crippen molar-refractivity contribution in [3.8, 4) is 0 Å². The molecular weight excluding hydrogens is 136 g/mol. The van der Waals surface area contributed by atoms with Crippen LogP contribution in [-0.4, -0.2) is 42.6 Å². The molecule has 0 saturated carbocycles. The van der Waals surface area contributed by atoms with E-state index in [1.165, 1.54) is 39.3 Å². The van der Waals surface area contributed by atoms with Crippen LogP contribution in [0.1, 0.15) is 6.42 Å². The van der Waals surface area contributed by atoms with Crippen molar-refractivity contribution in [1.29, 1.82) is 0 Å². The topological polar surface area (TPSA) is 6.48 Å². The van der Waals surface area contributed by atoms with Crippen LogP contribution >= 0.6 is 0 Å². The average Bonchev–Trinajstić information content (AvgIpc) is 2.18. The summed E-state index contributed by atoms with van der Waals surface area (Å²) in [5.41, 5.74) is 1.70. The first-order valence-electron chi connectivity index (χ1n) is 4.53. The molecule has 4 aliphatic rings. The third-order valence-electron chi connectivity index (χ3n) is 3.05. The van der Waals surface area contributed by atoms with Crippen molar-refractivity contribution in [3.05, 3.63) is 11.6 Å². The van der Waals surface area contributed by atoms with Gasteiger partial charge in [-0.3, -0.25) is 9.80 Å². The third kappa shape index (κ3) is 0.932. The predicted molar refractivity (Wildman–Crippen MR) is 44.2 cm³/mol. The van der Waals surface area contributed by atoms with Crippen LogP contribution in [0.2, 0.25) is 0 Å². The second-order valence-electron chi connectivity index (χ2n) is 4.12. The molecule has 2 saturated heterocycles. The van der Waals surface area contributed by atoms with E-state index in [0.29, 0.717) is 0 Å². The molecule has 3 atom stereocenters. The number of hydrogen-bond acceptors (Lipinski definition) is 2. The number of nitrogens with zero attached hydrogens (tertiary/aromatic N) is 2. The first-order chi connectivity index (χ1) is 5.40. The predicted octanol–water partition coefficient (Wildman–Crippen LogP) is 0.521. The standard InChI is InChI=1S/C9H14N2/c1-2-10-5-9-3-8(1)4-11(6-9)7-10/h1,9H,2-7H2. The highest BCUT2D eigenvalue weighted by Crippen LogP contribution is 2.28. The van der Waals surface area contributed by atoms with Gasteiger partial charge in [0.25, 0.3) is 0 Å². The van der Waals surface area contributed by atoms with Crippen LogP contribution in [0.4, 0.5) is 0 Å². The molecule has 0 aromatic carbocycles. The third-order valence-corrected chi connectivity index (χ3v) is 3.05. The van der Waals surface area contributed by atoms with Gasteiger partial charge in [-0.1, -0.05) is 11.6 Å². The second kappa shape index (κ2) is 2.08. The van der Waals surface area contributed by atoms with Crippen molar-refractivity contribution in [2.24, 2.45) is 5.92 Å². The first-order valence-corrected chi connectivity index (χ1v) is 4.53. The maximum atomic E-state index is 2.58. The number of fused-ring (bicyclic) bond motifs is 1. The molecule has 0 aromatic rings. The highest BCUT2D eigenvalue weighted by Gasteiger charge is 2.32. The molecule has 2 heteroatoms. The lowest BCUT2D eigenvalue weighted by molar-refractivity contribution is 0.0540. The SMILES string of the molecule is C1=C2CC3CN(C1)CN(C2)C3. The summed E-state index contributed by atoms with van der Waals surface area (Å²) in [7, 11) is 0. The Morgan fingerprint density at radius 3 is 3.09 bits per heavy atom. The lowest BCUT2D eigenvalue weighted by Gasteiger charge is -2.41. The Morgan fingerprint density at radius 2 is 2.18 bits per heavy atom. The molecule has 3 unspecified atom stereocenters. The molecule has 0 amide bonds. The Labute approximate surface area is 67.5 Å². The van der Waals surface area contributed by atoms with Crippen LogP contribution in [0.5, 0.6) is 0 Å². The van der Waals surface area contributed by atoms with Gasteiger partial charge in [-0.05, 0) is 12.3 Å². The monoisotopic (exact) mass is 150 g/mol. The molecule has 2 fully saturated rings. The summed E-state index contributed by atoms with van der Waals surface area (Å²) >= 11 is 0. The summed E-state index contributed by atoms with van der Waals surface area (Å²) in [6.07, 6.45) is 3.83. The van der Waals surface area contributed by atoms with Crippen molar-refractivity contribution < 1.29 is 0 Å². The van der Waals surface area contributed by atoms with E-state index in [9.17, 15) is 0 Å². The molecule has 60 valence electrons. The van der Waals surface area contributed by atoms with E-state index in [2.05, 4.69) is 15.9 Å². The highest BCUT2D eigenvalue weighted by atomic mass is 15.3. The highest BCUT2D eigenvalue weighted by molar-refractivity contribution is 5.14. The molecule has 11 heavy (non-hydrogen) atoms. The summed E-state index contributed by atoms with van der Waals surface area (Å²) in [4.78, 5) is 5.14. The van der Waals surface area contributed by atoms with E-state index < -0.39 is 0 Å². The van der Waals surface area contributed by atoms with Gasteiger partial charge < -0.3 is 0 Å². The summed E-state index contributed by atoms with van der Waals surface area (Å²) in [5.74, 6) is 0.950. The van der Waals surface area contributed by atoms with E-state index in [-0.39, 0.29) is 0 Å². The average molecular weight is 150 g/mol. The Morgan fingerprint density at radius 1 is 1.27 bits per heavy atom. The zero-order valence-corrected chi connectivity index (χ0v) is 6.79. The minimum Gasteiger partial charge on any atom is -0.286 e. The zero-order chi connectivity index (χ0) is 7.26. The van der Waals surface area contributed by atoms with Gasteiger partial charge >= 0.3 is 0 Å². The molecule has 0 aliphatic carbocycles. The fraction of sp³-hybridized carbons (Fsp3) is 0.778. The van der Waals surface area contributed by atoms with Crippen LogP contribution in [0.3, 0.4) is 0 Å². The number of piperidine rings is 1. The van der Waals surface area contributed by atoms with E-state index in [1.54, 1.807) is 5.57 Å². The molecule has 4 heterocycles. The first kappa shape index (κ1) is 6.21. The molecule has 4 bridgehead atoms. The lowest BCUT2D eigenvalue weighted by atomic mass is 9.93. The number of rotatable bonds is 0. The molecule has 4 aliphatic heterocycles. The maximum absolute atomic E-state index is 2.58. The van der Waals surface area contributed by atoms with Crippen molar-refractivity contribution >= 4 is 0 Å². The quantitative estimate of drug-likeness (QED) is 0.464. The Balaban J connectivity index is 1.98. The molecule has 0 radical (unpaired) electrons. The van der Waals surface area contributed by atoms with Gasteiger partial charge in [0.15, 0.2) is 0 Å². The van der Waals surface area contributed by atoms with Crippen LogP contribution < -0.4 is 0 Å². The van der Waals surface area contributed by atoms with Gasteiger partial charge in [0.1, 0.15) is 0 Å². The Hall–Kier alpha value is -0.340. The van der Waals surface area contributed by atoms with Crippen LogP contribution in [0.15, 0.2) is 11.6 Å². The maximum Gasteiger partial charge on any atom is 0.0512 e. The van der Waals surface area contributed by atoms with Gasteiger partial charge in [0.05, 0.1) is 6.67 Å². The van der Waals surface area contributed by atoms with E-state index in [0.717, 1.165) is 5.92 Å². The van der Waals surface area contributed by atoms with Crippen molar-refractivity contribution in [3.63, 3.8) is 0 Å². The summed E-state index contributed by atoms with van der Waals surface area (Å²) in [6, 6.07) is 0. The van der Waals surface area contributed by atoms with Gasteiger partial charge in [0, 0.05) is 26.2 Å². The van der Waals surface area contributed by atoms with Crippen LogP contribution in [0.25, 0.3) is 0 Å². The van der Waals surface area contributed by atoms with E-state index in [1.807, 2.05) is 0 Å². The Kier molecular flexibility index (Phi) is 1.17. The van der Waals surface area contributed by atoms with Crippen molar-refractivity contribution in [1.82, 2.24) is 9.80 Å². The largest absolute Gasteiger partial charge is 0.286 e. The van der Waals surface area contributed by atoms with Gasteiger partial charge in [0.2, 0.25) is 0 Å². The Bertz CT molecular complexity index is 194. The van der Waals surface area contributed by atoms with Gasteiger partial charge in [-0.2, -0.15) is 0 Å². The minimum atomic E-state index is 0.950. The van der Waals surface area contributed by atoms with Crippen molar-refractivity contribution in [2.45, 2.75) is 6.42 Å². The number of hydrogen-bond donors (Lipinski definition) is 0. The molecule has 2 nitrogen and oxygen atoms in total. The molecular formula is C9H14N2. The molecule has 0 aromatic heterocycles. The van der Waals surface area contributed by atoms with Crippen LogP contribution in [0, 0.1) is 5.92 Å². The molecule has 0 spiro atoms. The minimum absolute atomic E-state index is 0.950.